The van der Waals surface area contributed by atoms with E-state index in [1.807, 2.05) is 6.20 Å². The van der Waals surface area contributed by atoms with Crippen LogP contribution < -0.4 is 0 Å². The number of rotatable bonds is 9. The van der Waals surface area contributed by atoms with Gasteiger partial charge in [-0.2, -0.15) is 0 Å². The van der Waals surface area contributed by atoms with E-state index in [0.29, 0.717) is 6.10 Å². The number of hydrogen-bond acceptors (Lipinski definition) is 4. The van der Waals surface area contributed by atoms with Gasteiger partial charge in [-0.25, -0.2) is 4.98 Å². The highest BCUT2D eigenvalue weighted by Gasteiger charge is 2.25. The lowest BCUT2D eigenvalue weighted by Crippen LogP contribution is -2.41. The lowest BCUT2D eigenvalue weighted by molar-refractivity contribution is 0.0556. The minimum absolute atomic E-state index is 0.399. The summed E-state index contributed by atoms with van der Waals surface area (Å²) in [4.78, 5) is 9.88. The van der Waals surface area contributed by atoms with Gasteiger partial charge in [0.1, 0.15) is 5.82 Å². The minimum Gasteiger partial charge on any atom is -0.377 e. The Morgan fingerprint density at radius 3 is 2.70 bits per heavy atom. The van der Waals surface area contributed by atoms with E-state index < -0.39 is 0 Å². The van der Waals surface area contributed by atoms with Gasteiger partial charge in [-0.3, -0.25) is 9.80 Å². The summed E-state index contributed by atoms with van der Waals surface area (Å²) in [5.74, 6) is 1.96. The Morgan fingerprint density at radius 1 is 1.13 bits per heavy atom. The van der Waals surface area contributed by atoms with E-state index in [1.165, 1.54) is 55.7 Å². The van der Waals surface area contributed by atoms with Gasteiger partial charge in [-0.05, 0) is 69.7 Å². The van der Waals surface area contributed by atoms with Crippen molar-refractivity contribution in [2.45, 2.75) is 65.3 Å². The molecule has 5 nitrogen and oxygen atoms in total. The Labute approximate surface area is 182 Å². The number of imidazole rings is 1. The van der Waals surface area contributed by atoms with E-state index in [2.05, 4.69) is 63.7 Å². The van der Waals surface area contributed by atoms with Crippen LogP contribution >= 0.6 is 0 Å². The van der Waals surface area contributed by atoms with Crippen LogP contribution in [-0.4, -0.2) is 58.2 Å². The molecule has 0 saturated carbocycles. The molecule has 1 aromatic carbocycles. The van der Waals surface area contributed by atoms with Crippen LogP contribution in [0.15, 0.2) is 36.7 Å². The zero-order valence-corrected chi connectivity index (χ0v) is 18.8. The second kappa shape index (κ2) is 10.6. The largest absolute Gasteiger partial charge is 0.377 e. The molecule has 2 fully saturated rings. The van der Waals surface area contributed by atoms with E-state index in [-0.39, 0.29) is 0 Å². The first-order valence-electron chi connectivity index (χ1n) is 11.8. The molecular weight excluding hydrogens is 372 g/mol. The van der Waals surface area contributed by atoms with Gasteiger partial charge in [-0.15, -0.1) is 0 Å². The molecule has 30 heavy (non-hydrogen) atoms. The van der Waals surface area contributed by atoms with Crippen LogP contribution in [0.4, 0.5) is 0 Å². The third-order valence-corrected chi connectivity index (χ3v) is 6.87. The van der Waals surface area contributed by atoms with Gasteiger partial charge >= 0.3 is 0 Å². The number of hydrogen-bond donors (Lipinski definition) is 0. The summed E-state index contributed by atoms with van der Waals surface area (Å²) >= 11 is 0. The zero-order valence-electron chi connectivity index (χ0n) is 18.8. The van der Waals surface area contributed by atoms with E-state index >= 15 is 0 Å². The van der Waals surface area contributed by atoms with Crippen LogP contribution in [-0.2, 0) is 24.4 Å². The van der Waals surface area contributed by atoms with Gasteiger partial charge in [0, 0.05) is 45.2 Å². The van der Waals surface area contributed by atoms with Gasteiger partial charge in [0.05, 0.1) is 12.6 Å². The van der Waals surface area contributed by atoms with Crippen molar-refractivity contribution in [3.05, 3.63) is 53.6 Å². The van der Waals surface area contributed by atoms with Crippen LogP contribution in [0.25, 0.3) is 0 Å². The Hall–Kier alpha value is -1.69. The Bertz CT molecular complexity index is 775. The molecule has 2 saturated heterocycles. The summed E-state index contributed by atoms with van der Waals surface area (Å²) in [7, 11) is 0. The first-order chi connectivity index (χ1) is 14.7. The maximum absolute atomic E-state index is 5.97. The van der Waals surface area contributed by atoms with Gasteiger partial charge < -0.3 is 9.30 Å². The molecule has 0 aliphatic carbocycles. The standard InChI is InChI=1S/C25H38N4O/c1-3-29-15-12-26-25(29)20-28(19-24-9-6-16-30-24)17-22-10-13-27(14-11-22)18-23-8-5-4-7-21(23)2/h4-5,7-8,12,15,22,24H,3,6,9-11,13-14,16-20H2,1-2H3/t24-/m1/s1. The number of piperidine rings is 1. The van der Waals surface area contributed by atoms with Crippen molar-refractivity contribution in [2.75, 3.05) is 32.8 Å². The number of likely N-dealkylation sites (tertiary alicyclic amines) is 1. The highest BCUT2D eigenvalue weighted by atomic mass is 16.5. The van der Waals surface area contributed by atoms with Gasteiger partial charge in [0.15, 0.2) is 0 Å². The van der Waals surface area contributed by atoms with Crippen LogP contribution in [0.2, 0.25) is 0 Å². The lowest BCUT2D eigenvalue weighted by Gasteiger charge is -2.35. The van der Waals surface area contributed by atoms with Crippen molar-refractivity contribution < 1.29 is 4.74 Å². The average molecular weight is 411 g/mol. The topological polar surface area (TPSA) is 33.5 Å². The SMILES string of the molecule is CCn1ccnc1CN(CC1CCN(Cc2ccccc2C)CC1)C[C@H]1CCCO1. The Kier molecular flexibility index (Phi) is 7.58. The fourth-order valence-electron chi connectivity index (χ4n) is 4.98. The van der Waals surface area contributed by atoms with Crippen molar-refractivity contribution in [2.24, 2.45) is 5.92 Å². The lowest BCUT2D eigenvalue weighted by atomic mass is 9.95. The smallest absolute Gasteiger partial charge is 0.122 e. The molecule has 0 N–H and O–H groups in total. The molecule has 0 spiro atoms. The molecule has 1 aromatic heterocycles. The van der Waals surface area contributed by atoms with Gasteiger partial charge in [-0.1, -0.05) is 24.3 Å². The highest BCUT2D eigenvalue weighted by molar-refractivity contribution is 5.25. The summed E-state index contributed by atoms with van der Waals surface area (Å²) in [6.45, 7) is 13.0. The number of nitrogens with zero attached hydrogens (tertiary/aromatic N) is 4. The number of benzene rings is 1. The van der Waals surface area contributed by atoms with E-state index in [9.17, 15) is 0 Å². The maximum atomic E-state index is 5.97. The van der Waals surface area contributed by atoms with Crippen LogP contribution in [0.1, 0.15) is 49.6 Å². The van der Waals surface area contributed by atoms with Crippen molar-refractivity contribution in [3.8, 4) is 0 Å². The summed E-state index contributed by atoms with van der Waals surface area (Å²) in [5, 5.41) is 0. The second-order valence-electron chi connectivity index (χ2n) is 9.10. The van der Waals surface area contributed by atoms with Crippen LogP contribution in [0, 0.1) is 12.8 Å². The highest BCUT2D eigenvalue weighted by Crippen LogP contribution is 2.23. The van der Waals surface area contributed by atoms with Crippen molar-refractivity contribution in [1.82, 2.24) is 19.4 Å². The molecule has 2 aliphatic rings. The number of aromatic nitrogens is 2. The third-order valence-electron chi connectivity index (χ3n) is 6.87. The molecule has 3 heterocycles. The molecule has 1 atom stereocenters. The molecule has 0 bridgehead atoms. The Balaban J connectivity index is 1.32. The summed E-state index contributed by atoms with van der Waals surface area (Å²) in [6, 6.07) is 8.81. The predicted octanol–water partition coefficient (Wildman–Crippen LogP) is 4.10. The molecule has 5 heteroatoms. The summed E-state index contributed by atoms with van der Waals surface area (Å²) in [6.07, 6.45) is 9.42. The summed E-state index contributed by atoms with van der Waals surface area (Å²) < 4.78 is 8.24. The molecule has 2 aromatic rings. The molecular formula is C25H38N4O. The zero-order chi connectivity index (χ0) is 20.8. The first-order valence-corrected chi connectivity index (χ1v) is 11.8. The summed E-state index contributed by atoms with van der Waals surface area (Å²) in [5.41, 5.74) is 2.89. The van der Waals surface area contributed by atoms with Crippen molar-refractivity contribution >= 4 is 0 Å². The number of aryl methyl sites for hydroxylation is 2. The average Bonchev–Trinajstić information content (AvgIpc) is 3.43. The molecule has 0 amide bonds. The molecule has 4 rings (SSSR count). The quantitative estimate of drug-likeness (QED) is 0.623. The van der Waals surface area contributed by atoms with Crippen LogP contribution in [0.3, 0.4) is 0 Å². The first kappa shape index (κ1) is 21.5. The normalized spacial score (nSPS) is 21.0. The van der Waals surface area contributed by atoms with Gasteiger partial charge in [0.2, 0.25) is 0 Å². The minimum atomic E-state index is 0.399. The second-order valence-corrected chi connectivity index (χ2v) is 9.10. The Morgan fingerprint density at radius 2 is 1.97 bits per heavy atom. The molecule has 2 aliphatic heterocycles. The van der Waals surface area contributed by atoms with Crippen molar-refractivity contribution in [3.63, 3.8) is 0 Å². The van der Waals surface area contributed by atoms with E-state index in [4.69, 9.17) is 4.74 Å². The van der Waals surface area contributed by atoms with Gasteiger partial charge in [0.25, 0.3) is 0 Å². The predicted molar refractivity (Wildman–Crippen MR) is 121 cm³/mol. The fourth-order valence-corrected chi connectivity index (χ4v) is 4.98. The van der Waals surface area contributed by atoms with Crippen LogP contribution in [0.5, 0.6) is 0 Å². The number of ether oxygens (including phenoxy) is 1. The monoisotopic (exact) mass is 410 g/mol. The molecule has 164 valence electrons. The van der Waals surface area contributed by atoms with Crippen molar-refractivity contribution in [1.29, 1.82) is 0 Å². The third kappa shape index (κ3) is 5.71. The van der Waals surface area contributed by atoms with E-state index in [1.54, 1.807) is 0 Å². The fraction of sp³-hybridized carbons (Fsp3) is 0.640. The molecule has 0 unspecified atom stereocenters. The molecule has 0 radical (unpaired) electrons. The maximum Gasteiger partial charge on any atom is 0.122 e. The van der Waals surface area contributed by atoms with E-state index in [0.717, 1.165) is 45.2 Å².